The molecule has 2 heteroatoms. The molecule has 0 radical (unpaired) electrons. The third-order valence-electron chi connectivity index (χ3n) is 21.5. The second kappa shape index (κ2) is 25.8. The number of anilines is 6. The van der Waals surface area contributed by atoms with Crippen LogP contribution in [0.1, 0.15) is 55.6 Å². The number of fused-ring (bicyclic) bond motifs is 6. The summed E-state index contributed by atoms with van der Waals surface area (Å²) in [4.78, 5) is 4.91. The van der Waals surface area contributed by atoms with Crippen molar-refractivity contribution in [3.05, 3.63) is 456 Å². The first-order chi connectivity index (χ1) is 50.4. The number of rotatable bonds is 15. The molecule has 0 saturated heterocycles. The minimum Gasteiger partial charge on any atom is -0.310 e. The summed E-state index contributed by atoms with van der Waals surface area (Å²) >= 11 is 0. The smallest absolute Gasteiger partial charge is 0.0713 e. The Morgan fingerprint density at radius 2 is 0.441 bits per heavy atom. The predicted octanol–water partition coefficient (Wildman–Crippen LogP) is 26.3. The normalized spacial score (nSPS) is 12.8. The summed E-state index contributed by atoms with van der Waals surface area (Å²) in [6.07, 6.45) is 0. The third-order valence-corrected chi connectivity index (χ3v) is 21.5. The van der Waals surface area contributed by atoms with Crippen molar-refractivity contribution in [1.82, 2.24) is 0 Å². The zero-order chi connectivity index (χ0) is 68.1. The molecule has 0 N–H and O–H groups in total. The Morgan fingerprint density at radius 1 is 0.176 bits per heavy atom. The van der Waals surface area contributed by atoms with Crippen molar-refractivity contribution in [2.45, 2.75) is 24.7 Å². The molecule has 16 aromatic carbocycles. The van der Waals surface area contributed by atoms with E-state index in [1.54, 1.807) is 0 Å². The van der Waals surface area contributed by atoms with Gasteiger partial charge in [-0.15, -0.1) is 0 Å². The molecule has 0 aliphatic heterocycles. The van der Waals surface area contributed by atoms with Crippen molar-refractivity contribution in [2.24, 2.45) is 0 Å². The second-order valence-corrected chi connectivity index (χ2v) is 27.1. The molecule has 0 saturated carbocycles. The quantitative estimate of drug-likeness (QED) is 0.101. The van der Waals surface area contributed by atoms with Crippen LogP contribution in [0.25, 0.3) is 77.9 Å². The Bertz CT molecular complexity index is 5310. The van der Waals surface area contributed by atoms with Crippen LogP contribution in [0.3, 0.4) is 0 Å². The van der Waals surface area contributed by atoms with Gasteiger partial charge in [0.25, 0.3) is 0 Å². The maximum absolute atomic E-state index is 2.46. The second-order valence-electron chi connectivity index (χ2n) is 27.1. The van der Waals surface area contributed by atoms with Crippen LogP contribution in [-0.2, 0) is 10.8 Å². The van der Waals surface area contributed by atoms with Crippen molar-refractivity contribution in [3.8, 4) is 77.9 Å². The Morgan fingerprint density at radius 3 is 0.784 bits per heavy atom. The Kier molecular flexibility index (Phi) is 15.5. The molecule has 18 rings (SSSR count). The number of nitrogens with zero attached hydrogens (tertiary/aromatic N) is 2. The van der Waals surface area contributed by atoms with Crippen molar-refractivity contribution < 1.29 is 0 Å². The first-order valence-electron chi connectivity index (χ1n) is 35.5. The zero-order valence-electron chi connectivity index (χ0n) is 57.0. The molecule has 2 nitrogen and oxygen atoms in total. The average molecular weight is 1300 g/mol. The van der Waals surface area contributed by atoms with Gasteiger partial charge in [0.05, 0.1) is 22.2 Å². The first kappa shape index (κ1) is 61.5. The standard InChI is InChI=1S/C100H72N2/c1-69-65-75(55-63-95(69)101(97-47-27-23-41-85(97)73-29-9-3-10-30-73)83-57-49-71(50-58-83)77-53-61-89-87-43-21-25-45-91(87)99(93(89)67-77,79-33-13-5-14-34-79)80-35-15-6-16-36-80)76-56-64-96(70(2)66-76)102(98-48-28-24-42-86(98)74-31-11-4-12-32-74)84-59-51-72(52-60-84)78-54-62-90-88-44-22-26-46-92(88)100(94(90)68-78,81-37-17-7-18-38-81)82-39-19-8-20-40-82/h3-68H,1-2H3. The van der Waals surface area contributed by atoms with Crippen LogP contribution < -0.4 is 9.80 Å². The van der Waals surface area contributed by atoms with Gasteiger partial charge in [-0.1, -0.05) is 328 Å². The third kappa shape index (κ3) is 10.2. The highest BCUT2D eigenvalue weighted by molar-refractivity contribution is 5.95. The van der Waals surface area contributed by atoms with Gasteiger partial charge in [-0.3, -0.25) is 0 Å². The molecule has 2 aliphatic rings. The van der Waals surface area contributed by atoms with Gasteiger partial charge >= 0.3 is 0 Å². The van der Waals surface area contributed by atoms with Crippen LogP contribution in [0.2, 0.25) is 0 Å². The Balaban J connectivity index is 0.709. The van der Waals surface area contributed by atoms with Crippen LogP contribution >= 0.6 is 0 Å². The van der Waals surface area contributed by atoms with Crippen molar-refractivity contribution >= 4 is 34.1 Å². The summed E-state index contributed by atoms with van der Waals surface area (Å²) in [6.45, 7) is 4.52. The number of hydrogen-bond donors (Lipinski definition) is 0. The van der Waals surface area contributed by atoms with E-state index in [1.165, 1.54) is 77.9 Å². The van der Waals surface area contributed by atoms with E-state index in [2.05, 4.69) is 424 Å². The molecule has 2 aliphatic carbocycles. The summed E-state index contributed by atoms with van der Waals surface area (Å²) in [7, 11) is 0. The fourth-order valence-corrected chi connectivity index (χ4v) is 16.9. The fourth-order valence-electron chi connectivity index (χ4n) is 16.9. The molecular formula is C100H72N2. The summed E-state index contributed by atoms with van der Waals surface area (Å²) < 4.78 is 0. The lowest BCUT2D eigenvalue weighted by atomic mass is 9.67. The first-order valence-corrected chi connectivity index (χ1v) is 35.5. The highest BCUT2D eigenvalue weighted by Crippen LogP contribution is 2.59. The predicted molar refractivity (Wildman–Crippen MR) is 427 cm³/mol. The van der Waals surface area contributed by atoms with E-state index in [1.807, 2.05) is 0 Å². The van der Waals surface area contributed by atoms with E-state index < -0.39 is 10.8 Å². The Labute approximate surface area is 598 Å². The van der Waals surface area contributed by atoms with Gasteiger partial charge in [-0.2, -0.15) is 0 Å². The number of hydrogen-bond acceptors (Lipinski definition) is 2. The van der Waals surface area contributed by atoms with Gasteiger partial charge in [-0.05, 0) is 209 Å². The summed E-state index contributed by atoms with van der Waals surface area (Å²) in [6, 6.07) is 148. The number of aryl methyl sites for hydroxylation is 2. The van der Waals surface area contributed by atoms with Crippen molar-refractivity contribution in [2.75, 3.05) is 9.80 Å². The molecular weight excluding hydrogens is 1230 g/mol. The maximum atomic E-state index is 2.46. The van der Waals surface area contributed by atoms with Crippen LogP contribution in [0.5, 0.6) is 0 Å². The van der Waals surface area contributed by atoms with Crippen LogP contribution in [0.15, 0.2) is 400 Å². The summed E-state index contributed by atoms with van der Waals surface area (Å²) in [5.41, 5.74) is 34.9. The van der Waals surface area contributed by atoms with Gasteiger partial charge in [0, 0.05) is 33.9 Å². The van der Waals surface area contributed by atoms with Gasteiger partial charge in [0.1, 0.15) is 0 Å². The zero-order valence-corrected chi connectivity index (χ0v) is 57.0. The monoisotopic (exact) mass is 1300 g/mol. The highest BCUT2D eigenvalue weighted by Gasteiger charge is 2.48. The van der Waals surface area contributed by atoms with Gasteiger partial charge in [0.15, 0.2) is 0 Å². The molecule has 0 aromatic heterocycles. The number of para-hydroxylation sites is 2. The van der Waals surface area contributed by atoms with E-state index >= 15 is 0 Å². The van der Waals surface area contributed by atoms with Gasteiger partial charge < -0.3 is 9.80 Å². The lowest BCUT2D eigenvalue weighted by Crippen LogP contribution is -2.28. The molecule has 0 heterocycles. The lowest BCUT2D eigenvalue weighted by molar-refractivity contribution is 0.769. The molecule has 0 amide bonds. The molecule has 16 aromatic rings. The topological polar surface area (TPSA) is 6.48 Å². The Hall–Kier alpha value is -12.9. The van der Waals surface area contributed by atoms with Crippen LogP contribution in [0.4, 0.5) is 34.1 Å². The molecule has 0 unspecified atom stereocenters. The average Bonchev–Trinajstić information content (AvgIpc) is 1.54. The van der Waals surface area contributed by atoms with Crippen LogP contribution in [-0.4, -0.2) is 0 Å². The SMILES string of the molecule is Cc1cc(-c2ccc(N(c3ccc(-c4ccc5c(c4)C(c4ccccc4)(c4ccccc4)c4ccccc4-5)cc3)c3ccccc3-c3ccccc3)c(C)c2)ccc1N(c1ccc(-c2ccc3c(c2)C(c2ccccc2)(c2ccccc2)c2ccccc2-3)cc1)c1ccccc1-c1ccccc1. The number of benzene rings is 16. The molecule has 0 fully saturated rings. The van der Waals surface area contributed by atoms with Crippen molar-refractivity contribution in [3.63, 3.8) is 0 Å². The molecule has 0 atom stereocenters. The van der Waals surface area contributed by atoms with E-state index in [0.717, 1.165) is 89.8 Å². The van der Waals surface area contributed by atoms with E-state index in [-0.39, 0.29) is 0 Å². The van der Waals surface area contributed by atoms with E-state index in [0.29, 0.717) is 0 Å². The summed E-state index contributed by atoms with van der Waals surface area (Å²) in [5.74, 6) is 0. The van der Waals surface area contributed by atoms with E-state index in [9.17, 15) is 0 Å². The van der Waals surface area contributed by atoms with Gasteiger partial charge in [-0.25, -0.2) is 0 Å². The summed E-state index contributed by atoms with van der Waals surface area (Å²) in [5, 5.41) is 0. The molecule has 0 bridgehead atoms. The minimum absolute atomic E-state index is 0.488. The molecule has 102 heavy (non-hydrogen) atoms. The maximum Gasteiger partial charge on any atom is 0.0713 e. The van der Waals surface area contributed by atoms with E-state index in [4.69, 9.17) is 0 Å². The fraction of sp³-hybridized carbons (Fsp3) is 0.0400. The largest absolute Gasteiger partial charge is 0.310 e. The lowest BCUT2D eigenvalue weighted by Gasteiger charge is -2.34. The molecule has 0 spiro atoms. The van der Waals surface area contributed by atoms with Gasteiger partial charge in [0.2, 0.25) is 0 Å². The van der Waals surface area contributed by atoms with Crippen molar-refractivity contribution in [1.29, 1.82) is 0 Å². The van der Waals surface area contributed by atoms with Crippen LogP contribution in [0, 0.1) is 13.8 Å². The highest BCUT2D eigenvalue weighted by atomic mass is 15.2. The minimum atomic E-state index is -0.488. The molecule has 482 valence electrons.